The number of hydrogen-bond acceptors (Lipinski definition) is 4. The third-order valence-corrected chi connectivity index (χ3v) is 5.38. The highest BCUT2D eigenvalue weighted by Crippen LogP contribution is 2.43. The lowest BCUT2D eigenvalue weighted by Gasteiger charge is -2.17. The Bertz CT molecular complexity index is 702. The van der Waals surface area contributed by atoms with Gasteiger partial charge in [-0.25, -0.2) is 0 Å². The average molecular weight is 309 g/mol. The SMILES string of the molecule is CC1=C(c2cccc3ccsc23)N2CCN=C2S1.Cl. The number of hydrogen-bond donors (Lipinski definition) is 0. The molecule has 0 saturated carbocycles. The molecule has 2 aliphatic heterocycles. The molecule has 0 saturated heterocycles. The zero-order valence-corrected chi connectivity index (χ0v) is 12.9. The molecule has 0 aliphatic carbocycles. The van der Waals surface area contributed by atoms with Gasteiger partial charge in [0, 0.05) is 21.7 Å². The van der Waals surface area contributed by atoms with Crippen LogP contribution in [0.25, 0.3) is 15.8 Å². The molecule has 19 heavy (non-hydrogen) atoms. The van der Waals surface area contributed by atoms with Crippen LogP contribution in [-0.2, 0) is 0 Å². The summed E-state index contributed by atoms with van der Waals surface area (Å²) < 4.78 is 1.39. The summed E-state index contributed by atoms with van der Waals surface area (Å²) >= 11 is 3.64. The molecule has 98 valence electrons. The molecular weight excluding hydrogens is 296 g/mol. The number of amidine groups is 1. The Kier molecular flexibility index (Phi) is 3.33. The molecule has 5 heteroatoms. The van der Waals surface area contributed by atoms with Gasteiger partial charge >= 0.3 is 0 Å². The van der Waals surface area contributed by atoms with Gasteiger partial charge in [-0.15, -0.1) is 23.7 Å². The van der Waals surface area contributed by atoms with Gasteiger partial charge in [0.1, 0.15) is 0 Å². The normalized spacial score (nSPS) is 17.7. The third-order valence-electron chi connectivity index (χ3n) is 3.38. The van der Waals surface area contributed by atoms with E-state index < -0.39 is 0 Å². The summed E-state index contributed by atoms with van der Waals surface area (Å²) in [6.07, 6.45) is 0. The van der Waals surface area contributed by atoms with E-state index in [1.807, 2.05) is 23.1 Å². The number of rotatable bonds is 1. The van der Waals surface area contributed by atoms with E-state index in [0.29, 0.717) is 0 Å². The predicted octanol–water partition coefficient (Wildman–Crippen LogP) is 4.43. The molecule has 0 atom stereocenters. The van der Waals surface area contributed by atoms with Gasteiger partial charge in [-0.3, -0.25) is 4.99 Å². The molecule has 1 aromatic heterocycles. The average Bonchev–Trinajstić information content (AvgIpc) is 3.02. The Morgan fingerprint density at radius 3 is 3.05 bits per heavy atom. The molecule has 0 unspecified atom stereocenters. The van der Waals surface area contributed by atoms with Gasteiger partial charge in [0.05, 0.1) is 12.2 Å². The smallest absolute Gasteiger partial charge is 0.168 e. The minimum Gasteiger partial charge on any atom is -0.318 e. The first-order chi connectivity index (χ1) is 8.84. The van der Waals surface area contributed by atoms with Crippen molar-refractivity contribution in [1.29, 1.82) is 0 Å². The van der Waals surface area contributed by atoms with Gasteiger partial charge in [-0.2, -0.15) is 0 Å². The topological polar surface area (TPSA) is 15.6 Å². The fraction of sp³-hybridized carbons (Fsp3) is 0.214. The van der Waals surface area contributed by atoms with E-state index >= 15 is 0 Å². The summed E-state index contributed by atoms with van der Waals surface area (Å²) in [7, 11) is 0. The summed E-state index contributed by atoms with van der Waals surface area (Å²) in [5.41, 5.74) is 2.73. The van der Waals surface area contributed by atoms with Crippen LogP contribution >= 0.6 is 35.5 Å². The molecule has 2 nitrogen and oxygen atoms in total. The minimum absolute atomic E-state index is 0. The van der Waals surface area contributed by atoms with Crippen molar-refractivity contribution in [3.63, 3.8) is 0 Å². The Morgan fingerprint density at radius 2 is 2.16 bits per heavy atom. The highest BCUT2D eigenvalue weighted by Gasteiger charge is 2.31. The summed E-state index contributed by atoms with van der Waals surface area (Å²) in [6.45, 7) is 4.16. The number of thioether (sulfide) groups is 1. The summed E-state index contributed by atoms with van der Waals surface area (Å²) in [5, 5.41) is 4.69. The molecule has 0 spiro atoms. The Labute approximate surface area is 126 Å². The monoisotopic (exact) mass is 308 g/mol. The zero-order chi connectivity index (χ0) is 12.1. The molecule has 1 aromatic carbocycles. The third kappa shape index (κ3) is 1.90. The molecule has 0 fully saturated rings. The second-order valence-corrected chi connectivity index (χ2v) is 6.57. The molecule has 0 bridgehead atoms. The van der Waals surface area contributed by atoms with Crippen LogP contribution in [0.1, 0.15) is 12.5 Å². The highest BCUT2D eigenvalue weighted by atomic mass is 35.5. The molecular formula is C14H13ClN2S2. The van der Waals surface area contributed by atoms with Crippen molar-refractivity contribution in [3.8, 4) is 0 Å². The predicted molar refractivity (Wildman–Crippen MR) is 88.3 cm³/mol. The van der Waals surface area contributed by atoms with Gasteiger partial charge < -0.3 is 4.90 Å². The lowest BCUT2D eigenvalue weighted by Crippen LogP contribution is -2.19. The van der Waals surface area contributed by atoms with Crippen LogP contribution in [0.15, 0.2) is 39.5 Å². The maximum absolute atomic E-state index is 4.56. The van der Waals surface area contributed by atoms with Crippen molar-refractivity contribution in [2.45, 2.75) is 6.92 Å². The van der Waals surface area contributed by atoms with Crippen LogP contribution < -0.4 is 0 Å². The van der Waals surface area contributed by atoms with Crippen LogP contribution in [-0.4, -0.2) is 23.2 Å². The van der Waals surface area contributed by atoms with E-state index in [-0.39, 0.29) is 12.4 Å². The van der Waals surface area contributed by atoms with Gasteiger partial charge in [-0.1, -0.05) is 30.0 Å². The first-order valence-electron chi connectivity index (χ1n) is 6.02. The Balaban J connectivity index is 0.00000110. The summed E-state index contributed by atoms with van der Waals surface area (Å²) in [5.74, 6) is 0. The number of aliphatic imine (C=N–C) groups is 1. The molecule has 2 aromatic rings. The maximum Gasteiger partial charge on any atom is 0.168 e. The van der Waals surface area contributed by atoms with Crippen LogP contribution in [0.3, 0.4) is 0 Å². The summed E-state index contributed by atoms with van der Waals surface area (Å²) in [4.78, 5) is 8.30. The standard InChI is InChI=1S/C14H12N2S2.ClH/c1-9-12(16-7-6-15-14(16)18-9)11-4-2-3-10-5-8-17-13(10)11;/h2-5,8H,6-7H2,1H3;1H. The van der Waals surface area contributed by atoms with Crippen LogP contribution in [0.2, 0.25) is 0 Å². The van der Waals surface area contributed by atoms with E-state index in [1.54, 1.807) is 0 Å². The summed E-state index contributed by atoms with van der Waals surface area (Å²) in [6, 6.07) is 8.77. The van der Waals surface area contributed by atoms with E-state index in [2.05, 4.69) is 46.5 Å². The molecule has 4 rings (SSSR count). The molecule has 0 N–H and O–H groups in total. The van der Waals surface area contributed by atoms with Crippen molar-refractivity contribution in [1.82, 2.24) is 4.90 Å². The largest absolute Gasteiger partial charge is 0.318 e. The first kappa shape index (κ1) is 13.0. The zero-order valence-electron chi connectivity index (χ0n) is 10.4. The molecule has 3 heterocycles. The highest BCUT2D eigenvalue weighted by molar-refractivity contribution is 8.17. The second kappa shape index (κ2) is 4.85. The second-order valence-electron chi connectivity index (χ2n) is 4.47. The Morgan fingerprint density at radius 1 is 1.26 bits per heavy atom. The number of fused-ring (bicyclic) bond motifs is 2. The van der Waals surface area contributed by atoms with Crippen LogP contribution in [0, 0.1) is 0 Å². The van der Waals surface area contributed by atoms with Crippen molar-refractivity contribution in [2.75, 3.05) is 13.1 Å². The number of nitrogens with zero attached hydrogens (tertiary/aromatic N) is 2. The van der Waals surface area contributed by atoms with E-state index in [1.165, 1.54) is 31.4 Å². The quantitative estimate of drug-likeness (QED) is 0.774. The van der Waals surface area contributed by atoms with Crippen molar-refractivity contribution in [3.05, 3.63) is 40.1 Å². The molecule has 0 radical (unpaired) electrons. The van der Waals surface area contributed by atoms with E-state index in [0.717, 1.165) is 13.1 Å². The lowest BCUT2D eigenvalue weighted by atomic mass is 10.1. The van der Waals surface area contributed by atoms with Crippen LogP contribution in [0.4, 0.5) is 0 Å². The Hall–Kier alpha value is -0.970. The maximum atomic E-state index is 4.56. The van der Waals surface area contributed by atoms with Gasteiger partial charge in [-0.05, 0) is 23.8 Å². The number of benzene rings is 1. The molecule has 2 aliphatic rings. The van der Waals surface area contributed by atoms with Crippen molar-refractivity contribution < 1.29 is 0 Å². The van der Waals surface area contributed by atoms with E-state index in [9.17, 15) is 0 Å². The fourth-order valence-electron chi connectivity index (χ4n) is 2.61. The van der Waals surface area contributed by atoms with E-state index in [4.69, 9.17) is 0 Å². The van der Waals surface area contributed by atoms with Gasteiger partial charge in [0.15, 0.2) is 5.17 Å². The number of allylic oxidation sites excluding steroid dienone is 1. The number of thiophene rings is 1. The van der Waals surface area contributed by atoms with Crippen molar-refractivity contribution >= 4 is 56.5 Å². The van der Waals surface area contributed by atoms with Crippen molar-refractivity contribution in [2.24, 2.45) is 4.99 Å². The number of halogens is 1. The van der Waals surface area contributed by atoms with Gasteiger partial charge in [0.25, 0.3) is 0 Å². The van der Waals surface area contributed by atoms with Gasteiger partial charge in [0.2, 0.25) is 0 Å². The first-order valence-corrected chi connectivity index (χ1v) is 7.71. The fourth-order valence-corrected chi connectivity index (χ4v) is 4.57. The lowest BCUT2D eigenvalue weighted by molar-refractivity contribution is 0.648. The molecule has 0 amide bonds. The minimum atomic E-state index is 0. The van der Waals surface area contributed by atoms with Crippen LogP contribution in [0.5, 0.6) is 0 Å².